The van der Waals surface area contributed by atoms with E-state index in [-0.39, 0.29) is 11.6 Å². The second-order valence-electron chi connectivity index (χ2n) is 7.02. The number of Topliss-reactive ketones (excluding diaryl/α,β-unsaturated/α-hetero) is 2. The molecule has 2 heterocycles. The lowest BCUT2D eigenvalue weighted by atomic mass is 9.93. The summed E-state index contributed by atoms with van der Waals surface area (Å²) in [5.74, 6) is 0.0488. The van der Waals surface area contributed by atoms with E-state index in [4.69, 9.17) is 4.99 Å². The van der Waals surface area contributed by atoms with E-state index in [1.54, 1.807) is 13.8 Å². The lowest BCUT2D eigenvalue weighted by Gasteiger charge is -2.12. The van der Waals surface area contributed by atoms with Gasteiger partial charge < -0.3 is 4.98 Å². The number of carbonyl (C=O) groups excluding carboxylic acids is 2. The van der Waals surface area contributed by atoms with Crippen LogP contribution in [0.1, 0.15) is 60.6 Å². The summed E-state index contributed by atoms with van der Waals surface area (Å²) in [6, 6.07) is 9.96. The SMILES string of the molecule is CC(=O)C1=C(C)/C(=C(\c2ccccc2)c2[nH]c(C)c(C(C)=O)c2C)N=C1C. The third-order valence-electron chi connectivity index (χ3n) is 5.06. The van der Waals surface area contributed by atoms with E-state index in [0.717, 1.165) is 45.1 Å². The van der Waals surface area contributed by atoms with Crippen LogP contribution in [0.2, 0.25) is 0 Å². The number of carbonyl (C=O) groups is 2. The van der Waals surface area contributed by atoms with Crippen molar-refractivity contribution in [3.8, 4) is 0 Å². The Morgan fingerprint density at radius 2 is 1.56 bits per heavy atom. The summed E-state index contributed by atoms with van der Waals surface area (Å²) in [7, 11) is 0. The third kappa shape index (κ3) is 3.12. The van der Waals surface area contributed by atoms with Crippen molar-refractivity contribution in [1.82, 2.24) is 4.98 Å². The van der Waals surface area contributed by atoms with Crippen molar-refractivity contribution in [2.24, 2.45) is 4.99 Å². The van der Waals surface area contributed by atoms with Crippen molar-refractivity contribution in [3.05, 3.63) is 75.3 Å². The van der Waals surface area contributed by atoms with Gasteiger partial charge in [-0.3, -0.25) is 14.6 Å². The Bertz CT molecular complexity index is 1050. The number of ketones is 2. The minimum atomic E-state index is 0.0139. The second kappa shape index (κ2) is 6.95. The summed E-state index contributed by atoms with van der Waals surface area (Å²) >= 11 is 0. The van der Waals surface area contributed by atoms with Crippen LogP contribution in [-0.4, -0.2) is 22.3 Å². The number of hydrogen-bond donors (Lipinski definition) is 1. The Balaban J connectivity index is 2.40. The molecule has 4 nitrogen and oxygen atoms in total. The van der Waals surface area contributed by atoms with Gasteiger partial charge in [0.15, 0.2) is 11.6 Å². The quantitative estimate of drug-likeness (QED) is 0.782. The van der Waals surface area contributed by atoms with E-state index in [9.17, 15) is 9.59 Å². The molecule has 0 saturated heterocycles. The number of aliphatic imine (C=N–C) groups is 1. The molecule has 1 aromatic heterocycles. The molecular weight excluding hydrogens is 336 g/mol. The smallest absolute Gasteiger partial charge is 0.161 e. The highest BCUT2D eigenvalue weighted by Gasteiger charge is 2.27. The topological polar surface area (TPSA) is 62.3 Å². The predicted molar refractivity (Wildman–Crippen MR) is 109 cm³/mol. The van der Waals surface area contributed by atoms with Gasteiger partial charge in [0.05, 0.1) is 11.4 Å². The predicted octanol–water partition coefficient (Wildman–Crippen LogP) is 4.97. The zero-order valence-electron chi connectivity index (χ0n) is 16.7. The van der Waals surface area contributed by atoms with E-state index in [2.05, 4.69) is 4.98 Å². The van der Waals surface area contributed by atoms with Gasteiger partial charge in [-0.15, -0.1) is 0 Å². The zero-order chi connectivity index (χ0) is 19.9. The summed E-state index contributed by atoms with van der Waals surface area (Å²) in [5, 5.41) is 0. The van der Waals surface area contributed by atoms with Gasteiger partial charge in [-0.1, -0.05) is 30.3 Å². The Morgan fingerprint density at radius 3 is 2.04 bits per heavy atom. The Labute approximate surface area is 159 Å². The van der Waals surface area contributed by atoms with Gasteiger partial charge in [-0.05, 0) is 58.2 Å². The Kier molecular flexibility index (Phi) is 4.83. The minimum absolute atomic E-state index is 0.0139. The molecule has 1 aromatic carbocycles. The van der Waals surface area contributed by atoms with Crippen LogP contribution in [0.3, 0.4) is 0 Å². The number of H-pyrrole nitrogens is 1. The van der Waals surface area contributed by atoms with Gasteiger partial charge in [-0.2, -0.15) is 0 Å². The molecule has 0 amide bonds. The normalized spacial score (nSPS) is 15.9. The monoisotopic (exact) mass is 360 g/mol. The molecule has 4 heteroatoms. The van der Waals surface area contributed by atoms with Crippen LogP contribution < -0.4 is 0 Å². The molecule has 0 unspecified atom stereocenters. The summed E-state index contributed by atoms with van der Waals surface area (Å²) in [6.07, 6.45) is 0. The summed E-state index contributed by atoms with van der Waals surface area (Å²) in [4.78, 5) is 32.4. The number of nitrogens with one attached hydrogen (secondary N) is 1. The second-order valence-corrected chi connectivity index (χ2v) is 7.02. The number of rotatable bonds is 4. The van der Waals surface area contributed by atoms with Crippen molar-refractivity contribution >= 4 is 22.9 Å². The van der Waals surface area contributed by atoms with Crippen LogP contribution in [0.25, 0.3) is 5.57 Å². The highest BCUT2D eigenvalue weighted by molar-refractivity contribution is 6.24. The highest BCUT2D eigenvalue weighted by atomic mass is 16.1. The number of benzene rings is 1. The van der Waals surface area contributed by atoms with Crippen molar-refractivity contribution in [3.63, 3.8) is 0 Å². The molecule has 0 radical (unpaired) electrons. The molecule has 0 aliphatic carbocycles. The van der Waals surface area contributed by atoms with Gasteiger partial charge in [-0.25, -0.2) is 0 Å². The van der Waals surface area contributed by atoms with Gasteiger partial charge in [0.1, 0.15) is 0 Å². The van der Waals surface area contributed by atoms with E-state index in [1.165, 1.54) is 0 Å². The van der Waals surface area contributed by atoms with Crippen molar-refractivity contribution < 1.29 is 9.59 Å². The number of hydrogen-bond acceptors (Lipinski definition) is 3. The maximum atomic E-state index is 12.1. The van der Waals surface area contributed by atoms with Crippen molar-refractivity contribution in [1.29, 1.82) is 0 Å². The number of allylic oxidation sites excluding steroid dienone is 2. The highest BCUT2D eigenvalue weighted by Crippen LogP contribution is 2.38. The van der Waals surface area contributed by atoms with Crippen LogP contribution >= 0.6 is 0 Å². The van der Waals surface area contributed by atoms with Crippen LogP contribution in [0.4, 0.5) is 0 Å². The van der Waals surface area contributed by atoms with Crippen LogP contribution in [0.15, 0.2) is 52.2 Å². The molecule has 2 aromatic rings. The van der Waals surface area contributed by atoms with Gasteiger partial charge >= 0.3 is 0 Å². The molecule has 0 fully saturated rings. The van der Waals surface area contributed by atoms with Crippen molar-refractivity contribution in [2.75, 3.05) is 0 Å². The molecule has 3 rings (SSSR count). The lowest BCUT2D eigenvalue weighted by Crippen LogP contribution is -2.04. The minimum Gasteiger partial charge on any atom is -0.358 e. The van der Waals surface area contributed by atoms with Crippen LogP contribution in [-0.2, 0) is 4.79 Å². The number of nitrogens with zero attached hydrogens (tertiary/aromatic N) is 1. The zero-order valence-corrected chi connectivity index (χ0v) is 16.7. The fourth-order valence-electron chi connectivity index (χ4n) is 3.99. The molecule has 0 spiro atoms. The average Bonchev–Trinajstić information content (AvgIpc) is 3.05. The fraction of sp³-hybridized carbons (Fsp3) is 0.261. The fourth-order valence-corrected chi connectivity index (χ4v) is 3.99. The molecule has 1 N–H and O–H groups in total. The van der Waals surface area contributed by atoms with Crippen molar-refractivity contribution in [2.45, 2.75) is 41.5 Å². The van der Waals surface area contributed by atoms with E-state index < -0.39 is 0 Å². The number of aromatic nitrogens is 1. The molecule has 27 heavy (non-hydrogen) atoms. The first-order valence-corrected chi connectivity index (χ1v) is 9.02. The maximum Gasteiger partial charge on any atom is 0.161 e. The Morgan fingerprint density at radius 1 is 0.926 bits per heavy atom. The van der Waals surface area contributed by atoms with E-state index in [0.29, 0.717) is 11.1 Å². The first-order valence-electron chi connectivity index (χ1n) is 9.02. The molecule has 138 valence electrons. The summed E-state index contributed by atoms with van der Waals surface area (Å²) in [5.41, 5.74) is 8.30. The van der Waals surface area contributed by atoms with Gasteiger partial charge in [0, 0.05) is 28.1 Å². The molecule has 0 atom stereocenters. The van der Waals surface area contributed by atoms with Gasteiger partial charge in [0.2, 0.25) is 0 Å². The maximum absolute atomic E-state index is 12.1. The number of aryl methyl sites for hydroxylation is 1. The molecule has 0 saturated carbocycles. The summed E-state index contributed by atoms with van der Waals surface area (Å²) in [6.45, 7) is 10.8. The Hall–Kier alpha value is -3.01. The van der Waals surface area contributed by atoms with Gasteiger partial charge in [0.25, 0.3) is 0 Å². The van der Waals surface area contributed by atoms with E-state index in [1.807, 2.05) is 58.0 Å². The molecule has 1 aliphatic heterocycles. The van der Waals surface area contributed by atoms with E-state index >= 15 is 0 Å². The summed E-state index contributed by atoms with van der Waals surface area (Å²) < 4.78 is 0. The number of aromatic amines is 1. The first-order chi connectivity index (χ1) is 12.7. The first kappa shape index (κ1) is 18.8. The largest absolute Gasteiger partial charge is 0.358 e. The average molecular weight is 360 g/mol. The van der Waals surface area contributed by atoms with Crippen LogP contribution in [0, 0.1) is 13.8 Å². The third-order valence-corrected chi connectivity index (χ3v) is 5.06. The molecule has 1 aliphatic rings. The standard InChI is InChI=1S/C23H24N2O2/c1-12-19(16(5)26)14(3)24-22(12)21(18-10-8-7-9-11-18)23-13(2)20(17(6)27)15(4)25-23/h7-11,24H,1-6H3/b23-21-. The molecular formula is C23H24N2O2. The van der Waals surface area contributed by atoms with Crippen LogP contribution in [0.5, 0.6) is 0 Å². The molecule has 0 bridgehead atoms. The lowest BCUT2D eigenvalue weighted by molar-refractivity contribution is -0.113.